The topological polar surface area (TPSA) is 51.2 Å². The van der Waals surface area contributed by atoms with Gasteiger partial charge < -0.3 is 10.1 Å². The molecule has 0 atom stereocenters. The van der Waals surface area contributed by atoms with E-state index in [1.54, 1.807) is 6.20 Å². The summed E-state index contributed by atoms with van der Waals surface area (Å²) in [6.45, 7) is 2.07. The average molecular weight is 240 g/mol. The largest absolute Gasteiger partial charge is 0.481 e. The molecule has 0 radical (unpaired) electrons. The normalized spacial score (nSPS) is 13.5. The molecule has 0 saturated carbocycles. The maximum absolute atomic E-state index is 11.3. The minimum atomic E-state index is -0.128. The van der Waals surface area contributed by atoms with Crippen molar-refractivity contribution in [2.75, 3.05) is 11.9 Å². The first-order chi connectivity index (χ1) is 8.74. The van der Waals surface area contributed by atoms with Crippen LogP contribution in [0.15, 0.2) is 36.5 Å². The van der Waals surface area contributed by atoms with E-state index in [1.165, 1.54) is 0 Å². The molecule has 0 unspecified atom stereocenters. The summed E-state index contributed by atoms with van der Waals surface area (Å²) in [5, 5.41) is 2.79. The standard InChI is InChI=1S/C14H12N2O2/c1-9-5-6-15-12(7-9)10-3-2-4-11-14(10)18-8-13(17)16-11/h2-7H,8H2,1H3,(H,16,17). The Balaban J connectivity index is 2.13. The van der Waals surface area contributed by atoms with Crippen molar-refractivity contribution < 1.29 is 9.53 Å². The summed E-state index contributed by atoms with van der Waals surface area (Å²) in [5.74, 6) is 0.562. The van der Waals surface area contributed by atoms with Crippen LogP contribution < -0.4 is 10.1 Å². The van der Waals surface area contributed by atoms with Crippen LogP contribution in [0.5, 0.6) is 5.75 Å². The second-order valence-corrected chi connectivity index (χ2v) is 4.24. The Labute approximate surface area is 105 Å². The monoisotopic (exact) mass is 240 g/mol. The zero-order valence-corrected chi connectivity index (χ0v) is 9.93. The highest BCUT2D eigenvalue weighted by molar-refractivity contribution is 5.97. The third-order valence-corrected chi connectivity index (χ3v) is 2.83. The molecule has 0 bridgehead atoms. The van der Waals surface area contributed by atoms with Crippen molar-refractivity contribution in [1.29, 1.82) is 0 Å². The van der Waals surface area contributed by atoms with Crippen LogP contribution >= 0.6 is 0 Å². The molecule has 0 spiro atoms. The fraction of sp³-hybridized carbons (Fsp3) is 0.143. The number of anilines is 1. The van der Waals surface area contributed by atoms with Crippen molar-refractivity contribution in [1.82, 2.24) is 4.98 Å². The van der Waals surface area contributed by atoms with Crippen LogP contribution in [0.1, 0.15) is 5.56 Å². The van der Waals surface area contributed by atoms with Crippen LogP contribution in [0.3, 0.4) is 0 Å². The molecule has 4 heteroatoms. The van der Waals surface area contributed by atoms with E-state index in [0.717, 1.165) is 16.8 Å². The van der Waals surface area contributed by atoms with Gasteiger partial charge in [0.25, 0.3) is 5.91 Å². The summed E-state index contributed by atoms with van der Waals surface area (Å²) < 4.78 is 5.51. The van der Waals surface area contributed by atoms with E-state index >= 15 is 0 Å². The van der Waals surface area contributed by atoms with Gasteiger partial charge in [0.05, 0.1) is 11.4 Å². The molecule has 0 saturated heterocycles. The van der Waals surface area contributed by atoms with E-state index < -0.39 is 0 Å². The summed E-state index contributed by atoms with van der Waals surface area (Å²) in [6.07, 6.45) is 1.77. The molecule has 4 nitrogen and oxygen atoms in total. The predicted octanol–water partition coefficient (Wildman–Crippen LogP) is 2.39. The van der Waals surface area contributed by atoms with E-state index in [-0.39, 0.29) is 12.5 Å². The summed E-state index contributed by atoms with van der Waals surface area (Å²) in [5.41, 5.74) is 3.59. The summed E-state index contributed by atoms with van der Waals surface area (Å²) >= 11 is 0. The number of carbonyl (C=O) groups is 1. The van der Waals surface area contributed by atoms with E-state index in [1.807, 2.05) is 37.3 Å². The molecule has 90 valence electrons. The Bertz CT molecular complexity index is 623. The van der Waals surface area contributed by atoms with Crippen molar-refractivity contribution in [3.63, 3.8) is 0 Å². The van der Waals surface area contributed by atoms with Gasteiger partial charge in [0.15, 0.2) is 12.4 Å². The average Bonchev–Trinajstić information content (AvgIpc) is 2.37. The van der Waals surface area contributed by atoms with Gasteiger partial charge in [0.1, 0.15) is 0 Å². The molecule has 1 aromatic carbocycles. The molecule has 1 aliphatic heterocycles. The van der Waals surface area contributed by atoms with Crippen LogP contribution in [-0.4, -0.2) is 17.5 Å². The molecular weight excluding hydrogens is 228 g/mol. The first-order valence-corrected chi connectivity index (χ1v) is 5.73. The SMILES string of the molecule is Cc1ccnc(-c2cccc3c2OCC(=O)N3)c1. The van der Waals surface area contributed by atoms with Crippen LogP contribution in [0.4, 0.5) is 5.69 Å². The van der Waals surface area contributed by atoms with Crippen LogP contribution in [0.2, 0.25) is 0 Å². The number of benzene rings is 1. The van der Waals surface area contributed by atoms with Crippen LogP contribution in [0.25, 0.3) is 11.3 Å². The quantitative estimate of drug-likeness (QED) is 0.832. The fourth-order valence-electron chi connectivity index (χ4n) is 2.00. The van der Waals surface area contributed by atoms with Gasteiger partial charge in [-0.3, -0.25) is 9.78 Å². The number of rotatable bonds is 1. The number of amides is 1. The lowest BCUT2D eigenvalue weighted by atomic mass is 10.1. The van der Waals surface area contributed by atoms with E-state index in [9.17, 15) is 4.79 Å². The molecule has 0 fully saturated rings. The first kappa shape index (κ1) is 10.8. The highest BCUT2D eigenvalue weighted by Gasteiger charge is 2.19. The highest BCUT2D eigenvalue weighted by Crippen LogP contribution is 2.37. The number of nitrogens with one attached hydrogen (secondary N) is 1. The van der Waals surface area contributed by atoms with Crippen molar-refractivity contribution in [3.05, 3.63) is 42.1 Å². The van der Waals surface area contributed by atoms with Crippen molar-refractivity contribution in [3.8, 4) is 17.0 Å². The van der Waals surface area contributed by atoms with Gasteiger partial charge in [-0.2, -0.15) is 0 Å². The van der Waals surface area contributed by atoms with E-state index in [0.29, 0.717) is 11.4 Å². The fourth-order valence-corrected chi connectivity index (χ4v) is 2.00. The molecule has 0 aliphatic carbocycles. The summed E-state index contributed by atoms with van der Waals surface area (Å²) in [4.78, 5) is 15.6. The van der Waals surface area contributed by atoms with Gasteiger partial charge >= 0.3 is 0 Å². The number of nitrogens with zero attached hydrogens (tertiary/aromatic N) is 1. The molecular formula is C14H12N2O2. The third kappa shape index (κ3) is 1.82. The Morgan fingerprint density at radius 3 is 3.06 bits per heavy atom. The first-order valence-electron chi connectivity index (χ1n) is 5.73. The zero-order valence-electron chi connectivity index (χ0n) is 9.93. The van der Waals surface area contributed by atoms with Gasteiger partial charge in [0.2, 0.25) is 0 Å². The van der Waals surface area contributed by atoms with Crippen molar-refractivity contribution >= 4 is 11.6 Å². The predicted molar refractivity (Wildman–Crippen MR) is 68.5 cm³/mol. The molecule has 1 aromatic heterocycles. The maximum atomic E-state index is 11.3. The number of hydrogen-bond acceptors (Lipinski definition) is 3. The zero-order chi connectivity index (χ0) is 12.5. The molecule has 2 aromatic rings. The van der Waals surface area contributed by atoms with Gasteiger partial charge in [-0.1, -0.05) is 6.07 Å². The summed E-state index contributed by atoms with van der Waals surface area (Å²) in [6, 6.07) is 9.59. The molecule has 1 aliphatic rings. The second kappa shape index (κ2) is 4.14. The van der Waals surface area contributed by atoms with Crippen LogP contribution in [0, 0.1) is 6.92 Å². The lowest BCUT2D eigenvalue weighted by molar-refractivity contribution is -0.118. The van der Waals surface area contributed by atoms with Crippen molar-refractivity contribution in [2.45, 2.75) is 6.92 Å². The van der Waals surface area contributed by atoms with Gasteiger partial charge in [-0.05, 0) is 36.8 Å². The number of hydrogen-bond donors (Lipinski definition) is 1. The number of aryl methyl sites for hydroxylation is 1. The Morgan fingerprint density at radius 1 is 1.33 bits per heavy atom. The number of aromatic nitrogens is 1. The molecule has 2 heterocycles. The Hall–Kier alpha value is -2.36. The van der Waals surface area contributed by atoms with Gasteiger partial charge in [0, 0.05) is 11.8 Å². The number of carbonyl (C=O) groups excluding carboxylic acids is 1. The lowest BCUT2D eigenvalue weighted by Crippen LogP contribution is -2.25. The second-order valence-electron chi connectivity index (χ2n) is 4.24. The van der Waals surface area contributed by atoms with Gasteiger partial charge in [-0.25, -0.2) is 0 Å². The third-order valence-electron chi connectivity index (χ3n) is 2.83. The van der Waals surface area contributed by atoms with Gasteiger partial charge in [-0.15, -0.1) is 0 Å². The van der Waals surface area contributed by atoms with E-state index in [2.05, 4.69) is 10.3 Å². The molecule has 1 N–H and O–H groups in total. The number of pyridine rings is 1. The van der Waals surface area contributed by atoms with E-state index in [4.69, 9.17) is 4.74 Å². The lowest BCUT2D eigenvalue weighted by Gasteiger charge is -2.20. The minimum absolute atomic E-state index is 0.0514. The highest BCUT2D eigenvalue weighted by atomic mass is 16.5. The molecule has 3 rings (SSSR count). The molecule has 18 heavy (non-hydrogen) atoms. The number of para-hydroxylation sites is 1. The maximum Gasteiger partial charge on any atom is 0.262 e. The van der Waals surface area contributed by atoms with Crippen LogP contribution in [-0.2, 0) is 4.79 Å². The minimum Gasteiger partial charge on any atom is -0.481 e. The molecule has 1 amide bonds. The summed E-state index contributed by atoms with van der Waals surface area (Å²) in [7, 11) is 0. The number of ether oxygens (including phenoxy) is 1. The Kier molecular flexibility index (Phi) is 2.48. The Morgan fingerprint density at radius 2 is 2.22 bits per heavy atom. The smallest absolute Gasteiger partial charge is 0.262 e. The number of fused-ring (bicyclic) bond motifs is 1. The van der Waals surface area contributed by atoms with Crippen molar-refractivity contribution in [2.24, 2.45) is 0 Å².